The molecule has 4 heteroatoms. The Labute approximate surface area is 135 Å². The fourth-order valence-corrected chi connectivity index (χ4v) is 4.62. The summed E-state index contributed by atoms with van der Waals surface area (Å²) in [6.07, 6.45) is 4.78. The van der Waals surface area contributed by atoms with Gasteiger partial charge in [-0.2, -0.15) is 0 Å². The van der Waals surface area contributed by atoms with E-state index in [-0.39, 0.29) is 6.61 Å². The van der Waals surface area contributed by atoms with E-state index in [1.165, 1.54) is 10.9 Å². The molecule has 1 unspecified atom stereocenters. The first-order valence-corrected chi connectivity index (χ1v) is 8.31. The number of likely N-dealkylation sites (tertiary alicyclic amines) is 1. The molecule has 1 aliphatic carbocycles. The number of fused-ring (bicyclic) bond motifs is 2. The number of carbonyl (C=O) groups is 1. The Morgan fingerprint density at radius 1 is 1.43 bits per heavy atom. The van der Waals surface area contributed by atoms with Crippen molar-refractivity contribution in [2.75, 3.05) is 19.7 Å². The summed E-state index contributed by atoms with van der Waals surface area (Å²) in [4.78, 5) is 17.2. The fourth-order valence-electron chi connectivity index (χ4n) is 4.62. The summed E-state index contributed by atoms with van der Waals surface area (Å²) in [5, 5.41) is 10.9. The number of hydrogen-bond acceptors (Lipinski definition) is 3. The third kappa shape index (κ3) is 2.17. The first-order chi connectivity index (χ1) is 11.3. The lowest BCUT2D eigenvalue weighted by atomic mass is 9.72. The van der Waals surface area contributed by atoms with Crippen LogP contribution in [0.1, 0.15) is 34.0 Å². The Balaban J connectivity index is 1.86. The number of piperidine rings is 1. The lowest BCUT2D eigenvalue weighted by molar-refractivity contribution is 0.0659. The average molecular weight is 310 g/mol. The lowest BCUT2D eigenvalue weighted by Crippen LogP contribution is -2.50. The number of carbonyl (C=O) groups excluding carboxylic acids is 1. The van der Waals surface area contributed by atoms with Crippen molar-refractivity contribution in [2.24, 2.45) is 5.92 Å². The van der Waals surface area contributed by atoms with Crippen LogP contribution in [0.15, 0.2) is 30.9 Å². The number of aromatic nitrogens is 1. The zero-order chi connectivity index (χ0) is 16.0. The molecule has 2 aromatic rings. The van der Waals surface area contributed by atoms with E-state index >= 15 is 0 Å². The topological polar surface area (TPSA) is 56.3 Å². The van der Waals surface area contributed by atoms with Gasteiger partial charge in [0.05, 0.1) is 5.69 Å². The van der Waals surface area contributed by atoms with E-state index in [0.717, 1.165) is 43.3 Å². The van der Waals surface area contributed by atoms with Crippen molar-refractivity contribution in [3.8, 4) is 0 Å². The normalized spacial score (nSPS) is 26.9. The van der Waals surface area contributed by atoms with Gasteiger partial charge in [-0.3, -0.25) is 9.69 Å². The van der Waals surface area contributed by atoms with Crippen molar-refractivity contribution < 1.29 is 9.90 Å². The highest BCUT2D eigenvalue weighted by atomic mass is 16.3. The molecule has 0 amide bonds. The van der Waals surface area contributed by atoms with Gasteiger partial charge >= 0.3 is 0 Å². The number of hydrogen-bond donors (Lipinski definition) is 2. The van der Waals surface area contributed by atoms with Gasteiger partial charge in [0, 0.05) is 42.6 Å². The third-order valence-corrected chi connectivity index (χ3v) is 5.56. The number of aldehydes is 1. The minimum atomic E-state index is 0.229. The van der Waals surface area contributed by atoms with Crippen LogP contribution < -0.4 is 0 Å². The fraction of sp³-hybridized carbons (Fsp3) is 0.421. The number of aliphatic hydroxyl groups is 1. The summed E-state index contributed by atoms with van der Waals surface area (Å²) in [6.45, 7) is 5.83. The molecule has 2 aliphatic rings. The molecular weight excluding hydrogens is 288 g/mol. The highest BCUT2D eigenvalue weighted by molar-refractivity contribution is 5.95. The van der Waals surface area contributed by atoms with Gasteiger partial charge in [0.2, 0.25) is 0 Å². The summed E-state index contributed by atoms with van der Waals surface area (Å²) >= 11 is 0. The zero-order valence-electron chi connectivity index (χ0n) is 13.2. The van der Waals surface area contributed by atoms with Gasteiger partial charge in [-0.25, -0.2) is 0 Å². The molecule has 1 fully saturated rings. The van der Waals surface area contributed by atoms with Gasteiger partial charge in [-0.15, -0.1) is 6.58 Å². The van der Waals surface area contributed by atoms with Crippen LogP contribution in [-0.2, 0) is 6.42 Å². The van der Waals surface area contributed by atoms with E-state index < -0.39 is 0 Å². The minimum Gasteiger partial charge on any atom is -0.396 e. The largest absolute Gasteiger partial charge is 0.396 e. The Morgan fingerprint density at radius 3 is 3.04 bits per heavy atom. The SMILES string of the molecule is C=CCN1C[C@H](CO)CC2c3cccc4[nH]c(C=O)c(c34)C[C@H]21. The second-order valence-electron chi connectivity index (χ2n) is 6.81. The van der Waals surface area contributed by atoms with Crippen LogP contribution in [0.4, 0.5) is 0 Å². The molecule has 4 rings (SSSR count). The highest BCUT2D eigenvalue weighted by Crippen LogP contribution is 2.45. The van der Waals surface area contributed by atoms with E-state index in [9.17, 15) is 9.90 Å². The van der Waals surface area contributed by atoms with Crippen LogP contribution in [-0.4, -0.2) is 47.0 Å². The maximum atomic E-state index is 11.5. The van der Waals surface area contributed by atoms with Crippen LogP contribution in [0.5, 0.6) is 0 Å². The smallest absolute Gasteiger partial charge is 0.166 e. The number of H-pyrrole nitrogens is 1. The van der Waals surface area contributed by atoms with Crippen molar-refractivity contribution in [2.45, 2.75) is 24.8 Å². The Morgan fingerprint density at radius 2 is 2.30 bits per heavy atom. The Hall–Kier alpha value is -1.91. The Bertz CT molecular complexity index is 764. The molecule has 1 saturated heterocycles. The number of benzene rings is 1. The van der Waals surface area contributed by atoms with E-state index in [2.05, 4.69) is 28.6 Å². The Kier molecular flexibility index (Phi) is 3.58. The van der Waals surface area contributed by atoms with E-state index in [1.807, 2.05) is 12.1 Å². The molecule has 3 atom stereocenters. The second kappa shape index (κ2) is 5.62. The van der Waals surface area contributed by atoms with Crippen LogP contribution >= 0.6 is 0 Å². The molecule has 1 aliphatic heterocycles. The van der Waals surface area contributed by atoms with Crippen LogP contribution in [0.25, 0.3) is 10.9 Å². The maximum Gasteiger partial charge on any atom is 0.166 e. The van der Waals surface area contributed by atoms with Gasteiger partial charge in [0.25, 0.3) is 0 Å². The summed E-state index contributed by atoms with van der Waals surface area (Å²) in [6, 6.07) is 6.68. The first-order valence-electron chi connectivity index (χ1n) is 8.31. The summed E-state index contributed by atoms with van der Waals surface area (Å²) in [5.74, 6) is 0.713. The predicted octanol–water partition coefficient (Wildman–Crippen LogP) is 2.49. The molecule has 0 bridgehead atoms. The maximum absolute atomic E-state index is 11.5. The standard InChI is InChI=1S/C19H22N2O2/c1-2-6-21-9-12(10-22)7-14-13-4-3-5-16-19(13)15(8-18(14)21)17(11-23)20-16/h2-5,11-12,14,18,20,22H,1,6-10H2/t12-,14?,18-/m1/s1. The molecule has 2 N–H and O–H groups in total. The van der Waals surface area contributed by atoms with Gasteiger partial charge in [0.1, 0.15) is 0 Å². The van der Waals surface area contributed by atoms with Gasteiger partial charge in [-0.1, -0.05) is 18.2 Å². The highest BCUT2D eigenvalue weighted by Gasteiger charge is 2.40. The van der Waals surface area contributed by atoms with Crippen molar-refractivity contribution in [3.63, 3.8) is 0 Å². The molecule has 1 aromatic heterocycles. The summed E-state index contributed by atoms with van der Waals surface area (Å²) in [5.41, 5.74) is 4.25. The molecule has 1 aromatic carbocycles. The van der Waals surface area contributed by atoms with Crippen LogP contribution in [0, 0.1) is 5.92 Å². The van der Waals surface area contributed by atoms with Gasteiger partial charge in [-0.05, 0) is 36.0 Å². The number of rotatable bonds is 4. The van der Waals surface area contributed by atoms with E-state index in [0.29, 0.717) is 23.6 Å². The molecule has 120 valence electrons. The predicted molar refractivity (Wildman–Crippen MR) is 90.9 cm³/mol. The van der Waals surface area contributed by atoms with Crippen molar-refractivity contribution >= 4 is 17.2 Å². The first kappa shape index (κ1) is 14.7. The lowest BCUT2D eigenvalue weighted by Gasteiger charge is -2.46. The van der Waals surface area contributed by atoms with Crippen LogP contribution in [0.2, 0.25) is 0 Å². The van der Waals surface area contributed by atoms with E-state index in [4.69, 9.17) is 0 Å². The molecule has 0 spiro atoms. The summed E-state index contributed by atoms with van der Waals surface area (Å²) < 4.78 is 0. The average Bonchev–Trinajstić information content (AvgIpc) is 2.95. The molecule has 0 radical (unpaired) electrons. The van der Waals surface area contributed by atoms with E-state index in [1.54, 1.807) is 0 Å². The quantitative estimate of drug-likeness (QED) is 0.674. The van der Waals surface area contributed by atoms with Crippen molar-refractivity contribution in [1.82, 2.24) is 9.88 Å². The molecule has 4 nitrogen and oxygen atoms in total. The third-order valence-electron chi connectivity index (χ3n) is 5.56. The number of nitrogens with one attached hydrogen (secondary N) is 1. The second-order valence-corrected chi connectivity index (χ2v) is 6.81. The van der Waals surface area contributed by atoms with Gasteiger partial charge in [0.15, 0.2) is 6.29 Å². The number of nitrogens with zero attached hydrogens (tertiary/aromatic N) is 1. The molecule has 23 heavy (non-hydrogen) atoms. The monoisotopic (exact) mass is 310 g/mol. The van der Waals surface area contributed by atoms with Crippen molar-refractivity contribution in [1.29, 1.82) is 0 Å². The summed E-state index contributed by atoms with van der Waals surface area (Å²) in [7, 11) is 0. The number of aromatic amines is 1. The number of aliphatic hydroxyl groups excluding tert-OH is 1. The molecule has 0 saturated carbocycles. The molecule has 2 heterocycles. The minimum absolute atomic E-state index is 0.229. The molecular formula is C19H22N2O2. The zero-order valence-corrected chi connectivity index (χ0v) is 13.2. The van der Waals surface area contributed by atoms with Gasteiger partial charge < -0.3 is 10.1 Å². The van der Waals surface area contributed by atoms with Crippen molar-refractivity contribution in [3.05, 3.63) is 47.7 Å². The van der Waals surface area contributed by atoms with Crippen LogP contribution in [0.3, 0.4) is 0 Å².